The lowest BCUT2D eigenvalue weighted by molar-refractivity contribution is -0.164. The van der Waals surface area contributed by atoms with Gasteiger partial charge in [0.1, 0.15) is 47.8 Å². The van der Waals surface area contributed by atoms with E-state index in [1.54, 1.807) is 58.9 Å². The number of carbonyl (C=O) groups is 10. The van der Waals surface area contributed by atoms with Crippen LogP contribution in [0, 0.1) is 11.3 Å². The molecule has 3 aromatic carbocycles. The molecule has 0 spiro atoms. The minimum absolute atomic E-state index is 0.0871. The summed E-state index contributed by atoms with van der Waals surface area (Å²) in [5.41, 5.74) is 0.490. The number of rotatable bonds is 34. The fourth-order valence-electron chi connectivity index (χ4n) is 8.86. The van der Waals surface area contributed by atoms with Gasteiger partial charge in [0.2, 0.25) is 23.5 Å². The molecule has 3 aromatic rings. The molecule has 27 heteroatoms. The number of amides is 5. The largest absolute Gasteiger partial charge is 0.524 e. The number of hydrogen-bond donors (Lipinski definition) is 9. The Bertz CT molecular complexity index is 2880. The smallest absolute Gasteiger partial charge is 0.493 e. The van der Waals surface area contributed by atoms with Crippen LogP contribution in [-0.2, 0) is 70.1 Å². The summed E-state index contributed by atoms with van der Waals surface area (Å²) < 4.78 is 39.2. The zero-order chi connectivity index (χ0) is 62.5. The van der Waals surface area contributed by atoms with Crippen LogP contribution in [0.2, 0.25) is 0 Å². The van der Waals surface area contributed by atoms with E-state index in [0.29, 0.717) is 49.2 Å². The van der Waals surface area contributed by atoms with Crippen LogP contribution in [0.1, 0.15) is 122 Å². The van der Waals surface area contributed by atoms with Crippen molar-refractivity contribution in [1.82, 2.24) is 26.2 Å². The van der Waals surface area contributed by atoms with Crippen molar-refractivity contribution in [2.24, 2.45) is 11.3 Å². The number of aliphatic carboxylic acids is 3. The van der Waals surface area contributed by atoms with E-state index in [2.05, 4.69) is 25.8 Å². The highest BCUT2D eigenvalue weighted by Gasteiger charge is 2.42. The van der Waals surface area contributed by atoms with E-state index in [-0.39, 0.29) is 42.9 Å². The molecule has 0 radical (unpaired) electrons. The first-order chi connectivity index (χ1) is 39.6. The summed E-state index contributed by atoms with van der Waals surface area (Å²) in [5.74, 6) is -10.4. The molecule has 0 unspecified atom stereocenters. The van der Waals surface area contributed by atoms with Crippen LogP contribution in [-0.4, -0.2) is 147 Å². The van der Waals surface area contributed by atoms with Crippen molar-refractivity contribution in [3.05, 3.63) is 83.4 Å². The zero-order valence-electron chi connectivity index (χ0n) is 48.0. The predicted octanol–water partition coefficient (Wildman–Crippen LogP) is 4.20. The Morgan fingerprint density at radius 3 is 1.87 bits per heavy atom. The zero-order valence-corrected chi connectivity index (χ0v) is 48.8. The Kier molecular flexibility index (Phi) is 26.1. The number of phosphoric ester groups is 1. The van der Waals surface area contributed by atoms with E-state index in [4.69, 9.17) is 18.9 Å². The number of nitrogens with one attached hydrogen (secondary N) is 4. The quantitative estimate of drug-likeness (QED) is 0.0230. The second-order valence-electron chi connectivity index (χ2n) is 20.8. The normalized spacial score (nSPS) is 15.5. The van der Waals surface area contributed by atoms with Crippen molar-refractivity contribution in [3.8, 4) is 23.0 Å². The Balaban J connectivity index is 1.64. The molecule has 1 aliphatic rings. The lowest BCUT2D eigenvalue weighted by atomic mass is 9.84. The van der Waals surface area contributed by atoms with Gasteiger partial charge >= 0.3 is 31.7 Å². The van der Waals surface area contributed by atoms with Crippen LogP contribution in [0.4, 0.5) is 0 Å². The third kappa shape index (κ3) is 21.3. The molecule has 26 nitrogen and oxygen atoms in total. The molecule has 1 aliphatic heterocycles. The number of phosphoric acid groups is 1. The van der Waals surface area contributed by atoms with E-state index in [1.165, 1.54) is 55.5 Å². The van der Waals surface area contributed by atoms with Gasteiger partial charge in [0, 0.05) is 31.2 Å². The van der Waals surface area contributed by atoms with E-state index in [1.807, 2.05) is 6.07 Å². The number of carbonyl (C=O) groups excluding carboxylic acids is 7. The highest BCUT2D eigenvalue weighted by Crippen LogP contribution is 2.38. The molecule has 0 aromatic heterocycles. The number of esters is 1. The minimum Gasteiger partial charge on any atom is -0.493 e. The fourth-order valence-corrected chi connectivity index (χ4v) is 9.26. The van der Waals surface area contributed by atoms with Crippen molar-refractivity contribution in [2.75, 3.05) is 27.4 Å². The second kappa shape index (κ2) is 32.1. The first-order valence-electron chi connectivity index (χ1n) is 27.3. The number of benzene rings is 3. The number of aryl methyl sites for hydroxylation is 1. The van der Waals surface area contributed by atoms with Crippen LogP contribution < -0.4 is 40.0 Å². The summed E-state index contributed by atoms with van der Waals surface area (Å²) in [7, 11) is -2.01. The number of hydrogen-bond acceptors (Lipinski definition) is 16. The lowest BCUT2D eigenvalue weighted by Gasteiger charge is -2.36. The van der Waals surface area contributed by atoms with Crippen LogP contribution >= 0.6 is 7.82 Å². The first kappa shape index (κ1) is 68.4. The molecule has 460 valence electrons. The Morgan fingerprint density at radius 2 is 1.31 bits per heavy atom. The minimum atomic E-state index is -4.99. The molecule has 4 rings (SSSR count). The number of piperidine rings is 1. The molecule has 84 heavy (non-hydrogen) atoms. The predicted molar refractivity (Wildman–Crippen MR) is 298 cm³/mol. The number of methoxy groups -OCH3 is 2. The van der Waals surface area contributed by atoms with Gasteiger partial charge in [-0.1, -0.05) is 71.4 Å². The van der Waals surface area contributed by atoms with Gasteiger partial charge in [-0.05, 0) is 110 Å². The highest BCUT2D eigenvalue weighted by atomic mass is 31.2. The topological polar surface area (TPSA) is 386 Å². The van der Waals surface area contributed by atoms with Crippen LogP contribution in [0.5, 0.6) is 23.0 Å². The van der Waals surface area contributed by atoms with Gasteiger partial charge in [-0.3, -0.25) is 48.1 Å². The van der Waals surface area contributed by atoms with Crippen LogP contribution in [0.3, 0.4) is 0 Å². The standard InChI is InChI=1S/C57H76N5O21P/c1-8-33(3)49(55(73)74)61-52(70)40(23-27-48(66)67)59-51(69)39(22-26-47(64)65)60-53(71)41(29-34-16-20-37(21-17-34)83-84(76,77)78)58-46(63)32-81-38-14-12-13-36(31-38)43(24-18-35-19-25-44(79-6)45(30-35)80-7)82-56(75)42-15-10-11-28-62(42)54(72)50(68)57(4,5)9-2/h12-14,16-17,19-21,25,30-31,33,39-43,49H,8-11,15,18,22-24,26-29,32H2,1-7H3,(H,58,63)(H,59,69)(H,60,71)(H,61,70)(H,64,65)(H,66,67)(H,73,74)(H2,76,77,78)/t33-,39-,40-,41-,42-,43+,49-/m0/s1. The monoisotopic (exact) mass is 1200 g/mol. The maximum Gasteiger partial charge on any atom is 0.524 e. The summed E-state index contributed by atoms with van der Waals surface area (Å²) in [6.45, 7) is 7.75. The van der Waals surface area contributed by atoms with Crippen molar-refractivity contribution in [1.29, 1.82) is 0 Å². The average molecular weight is 1200 g/mol. The molecule has 0 aliphatic carbocycles. The van der Waals surface area contributed by atoms with Crippen molar-refractivity contribution < 1.29 is 101 Å². The summed E-state index contributed by atoms with van der Waals surface area (Å²) >= 11 is 0. The maximum atomic E-state index is 14.3. The van der Waals surface area contributed by atoms with Gasteiger partial charge in [0.15, 0.2) is 18.1 Å². The van der Waals surface area contributed by atoms with Gasteiger partial charge in [-0.25, -0.2) is 14.2 Å². The van der Waals surface area contributed by atoms with Crippen molar-refractivity contribution in [2.45, 2.75) is 148 Å². The Hall–Kier alpha value is -8.09. The van der Waals surface area contributed by atoms with Gasteiger partial charge < -0.3 is 65.0 Å². The van der Waals surface area contributed by atoms with E-state index >= 15 is 0 Å². The molecular formula is C57H76N5O21P. The molecule has 9 N–H and O–H groups in total. The summed E-state index contributed by atoms with van der Waals surface area (Å²) in [6.07, 6.45) is -1.29. The molecule has 1 fully saturated rings. The molecule has 1 heterocycles. The molecule has 0 saturated carbocycles. The first-order valence-corrected chi connectivity index (χ1v) is 28.8. The number of Topliss-reactive ketones (excluding diaryl/α,β-unsaturated/α-hetero) is 1. The Labute approximate surface area is 485 Å². The average Bonchev–Trinajstić information content (AvgIpc) is 3.56. The number of ether oxygens (including phenoxy) is 4. The van der Waals surface area contributed by atoms with Crippen molar-refractivity contribution >= 4 is 67.0 Å². The van der Waals surface area contributed by atoms with Crippen molar-refractivity contribution in [3.63, 3.8) is 0 Å². The molecular weight excluding hydrogens is 1120 g/mol. The molecule has 0 bridgehead atoms. The van der Waals surface area contributed by atoms with Gasteiger partial charge in [0.05, 0.1) is 14.2 Å². The SMILES string of the molecule is CC[C@H](C)[C@H](NC(=O)[C@H](CCC(=O)O)NC(=O)[C@H](CCC(=O)O)NC(=O)[C@H](Cc1ccc(OP(=O)(O)O)cc1)NC(=O)COc1cccc([C@@H](CCc2ccc(OC)c(OC)c2)OC(=O)[C@@H]2CCCCN2C(=O)C(=O)C(C)(C)CC)c1)C(=O)O. The summed E-state index contributed by atoms with van der Waals surface area (Å²) in [5, 5.41) is 38.4. The number of nitrogens with zero attached hydrogens (tertiary/aromatic N) is 1. The third-order valence-electron chi connectivity index (χ3n) is 14.3. The number of carboxylic acids is 3. The number of likely N-dealkylation sites (tertiary alicyclic amines) is 1. The van der Waals surface area contributed by atoms with E-state index in [9.17, 15) is 77.6 Å². The van der Waals surface area contributed by atoms with Crippen LogP contribution in [0.25, 0.3) is 0 Å². The van der Waals surface area contributed by atoms with Gasteiger partial charge in [-0.2, -0.15) is 0 Å². The maximum absolute atomic E-state index is 14.3. The highest BCUT2D eigenvalue weighted by molar-refractivity contribution is 7.46. The summed E-state index contributed by atoms with van der Waals surface area (Å²) in [4.78, 5) is 152. The number of carboxylic acid groups (broad SMARTS) is 3. The molecule has 1 saturated heterocycles. The lowest BCUT2D eigenvalue weighted by Crippen LogP contribution is -2.58. The fraction of sp³-hybridized carbons (Fsp3) is 0.509. The van der Waals surface area contributed by atoms with E-state index in [0.717, 1.165) is 5.56 Å². The summed E-state index contributed by atoms with van der Waals surface area (Å²) in [6, 6.07) is 8.95. The van der Waals surface area contributed by atoms with Gasteiger partial charge in [-0.15, -0.1) is 0 Å². The van der Waals surface area contributed by atoms with E-state index < -0.39 is 147 Å². The Morgan fingerprint density at radius 1 is 0.714 bits per heavy atom. The number of ketones is 1. The molecule has 7 atom stereocenters. The van der Waals surface area contributed by atoms with Gasteiger partial charge in [0.25, 0.3) is 11.8 Å². The van der Waals surface area contributed by atoms with Crippen LogP contribution in [0.15, 0.2) is 66.7 Å². The molecule has 5 amide bonds. The second-order valence-corrected chi connectivity index (χ2v) is 22.0. The third-order valence-corrected chi connectivity index (χ3v) is 14.8.